The third-order valence-electron chi connectivity index (χ3n) is 4.91. The summed E-state index contributed by atoms with van der Waals surface area (Å²) in [5.41, 5.74) is -0.132. The fourth-order valence-corrected chi connectivity index (χ4v) is 3.29. The number of carbonyl (C=O) groups is 3. The second-order valence-corrected chi connectivity index (χ2v) is 6.98. The third kappa shape index (κ3) is 3.83. The number of hydrogen-bond donors (Lipinski definition) is 1. The predicted molar refractivity (Wildman–Crippen MR) is 88.8 cm³/mol. The molecule has 128 valence electrons. The first-order chi connectivity index (χ1) is 11.5. The van der Waals surface area contributed by atoms with E-state index >= 15 is 0 Å². The molecule has 1 aromatic rings. The van der Waals surface area contributed by atoms with Crippen LogP contribution in [0.2, 0.25) is 0 Å². The Morgan fingerprint density at radius 3 is 2.29 bits per heavy atom. The second kappa shape index (κ2) is 6.75. The van der Waals surface area contributed by atoms with Crippen LogP contribution >= 0.6 is 0 Å². The molecule has 0 radical (unpaired) electrons. The molecule has 0 atom stereocenters. The van der Waals surface area contributed by atoms with Gasteiger partial charge in [0, 0.05) is 18.0 Å². The maximum atomic E-state index is 12.7. The van der Waals surface area contributed by atoms with Crippen LogP contribution in [0.3, 0.4) is 0 Å². The van der Waals surface area contributed by atoms with Gasteiger partial charge in [-0.2, -0.15) is 0 Å². The topological polar surface area (TPSA) is 72.5 Å². The highest BCUT2D eigenvalue weighted by atomic mass is 16.5. The zero-order chi connectivity index (χ0) is 17.2. The van der Waals surface area contributed by atoms with Gasteiger partial charge >= 0.3 is 5.97 Å². The van der Waals surface area contributed by atoms with E-state index in [0.717, 1.165) is 25.7 Å². The summed E-state index contributed by atoms with van der Waals surface area (Å²) in [6.07, 6.45) is 5.53. The van der Waals surface area contributed by atoms with Crippen LogP contribution in [0.1, 0.15) is 62.2 Å². The Morgan fingerprint density at radius 1 is 1.12 bits per heavy atom. The smallest absolute Gasteiger partial charge is 0.317 e. The summed E-state index contributed by atoms with van der Waals surface area (Å²) in [6.45, 7) is 1.49. The van der Waals surface area contributed by atoms with Crippen molar-refractivity contribution in [1.29, 1.82) is 0 Å². The zero-order valence-electron chi connectivity index (χ0n) is 14.0. The summed E-state index contributed by atoms with van der Waals surface area (Å²) in [5.74, 6) is 0.000521. The molecule has 2 aliphatic carbocycles. The summed E-state index contributed by atoms with van der Waals surface area (Å²) in [6, 6.07) is 6.84. The van der Waals surface area contributed by atoms with E-state index in [0.29, 0.717) is 30.2 Å². The molecule has 3 rings (SSSR count). The number of rotatable bonds is 6. The van der Waals surface area contributed by atoms with Gasteiger partial charge in [0.15, 0.2) is 5.78 Å². The number of ether oxygens (including phenoxy) is 1. The van der Waals surface area contributed by atoms with E-state index in [4.69, 9.17) is 4.74 Å². The largest absolute Gasteiger partial charge is 0.426 e. The number of amides is 1. The van der Waals surface area contributed by atoms with Crippen LogP contribution in [0, 0.1) is 5.41 Å². The fourth-order valence-electron chi connectivity index (χ4n) is 3.29. The van der Waals surface area contributed by atoms with Gasteiger partial charge in [0.25, 0.3) is 0 Å². The Hall–Kier alpha value is -2.17. The lowest BCUT2D eigenvalue weighted by Crippen LogP contribution is -2.38. The molecule has 0 aromatic heterocycles. The number of esters is 1. The summed E-state index contributed by atoms with van der Waals surface area (Å²) in [7, 11) is 0. The van der Waals surface area contributed by atoms with Crippen molar-refractivity contribution in [2.75, 3.05) is 0 Å². The van der Waals surface area contributed by atoms with Gasteiger partial charge in [-0.25, -0.2) is 0 Å². The lowest BCUT2D eigenvalue weighted by Gasteiger charge is -2.26. The number of nitrogens with one attached hydrogen (secondary N) is 1. The number of Topliss-reactive ketones (excluding diaryl/α,β-unsaturated/α-hetero) is 1. The first-order valence-electron chi connectivity index (χ1n) is 8.61. The van der Waals surface area contributed by atoms with Crippen molar-refractivity contribution >= 4 is 17.7 Å². The van der Waals surface area contributed by atoms with Crippen molar-refractivity contribution in [3.05, 3.63) is 29.8 Å². The molecule has 0 bridgehead atoms. The van der Waals surface area contributed by atoms with E-state index in [1.807, 2.05) is 0 Å². The molecule has 2 fully saturated rings. The average molecular weight is 329 g/mol. The molecule has 0 heterocycles. The first-order valence-corrected chi connectivity index (χ1v) is 8.61. The standard InChI is InChI=1S/C19H23NO4/c1-13(21)14-4-8-16(9-5-14)24-18(23)19(10-2-3-11-19)12-17(22)20-15-6-7-15/h4-5,8-9,15H,2-3,6-7,10-12H2,1H3,(H,20,22). The minimum absolute atomic E-state index is 0.0307. The maximum Gasteiger partial charge on any atom is 0.317 e. The number of ketones is 1. The molecule has 0 unspecified atom stereocenters. The van der Waals surface area contributed by atoms with Crippen molar-refractivity contribution < 1.29 is 19.1 Å². The van der Waals surface area contributed by atoms with E-state index in [9.17, 15) is 14.4 Å². The quantitative estimate of drug-likeness (QED) is 0.495. The van der Waals surface area contributed by atoms with E-state index < -0.39 is 5.41 Å². The molecule has 0 aliphatic heterocycles. The molecule has 0 saturated heterocycles. The lowest BCUT2D eigenvalue weighted by molar-refractivity contribution is -0.148. The van der Waals surface area contributed by atoms with Crippen LogP contribution in [0.5, 0.6) is 5.75 Å². The molecule has 5 heteroatoms. The summed E-state index contributed by atoms with van der Waals surface area (Å²) in [5, 5.41) is 2.96. The van der Waals surface area contributed by atoms with Gasteiger partial charge in [-0.3, -0.25) is 14.4 Å². The molecule has 0 spiro atoms. The van der Waals surface area contributed by atoms with Crippen LogP contribution in [0.4, 0.5) is 0 Å². The molecule has 1 amide bonds. The van der Waals surface area contributed by atoms with Crippen molar-refractivity contribution in [2.24, 2.45) is 5.41 Å². The van der Waals surface area contributed by atoms with Gasteiger partial charge in [0.05, 0.1) is 5.41 Å². The molecule has 5 nitrogen and oxygen atoms in total. The Labute approximate surface area is 141 Å². The van der Waals surface area contributed by atoms with Gasteiger partial charge in [-0.05, 0) is 56.9 Å². The minimum atomic E-state index is -0.710. The van der Waals surface area contributed by atoms with E-state index in [1.54, 1.807) is 24.3 Å². The highest BCUT2D eigenvalue weighted by Gasteiger charge is 2.45. The molecule has 24 heavy (non-hydrogen) atoms. The first kappa shape index (κ1) is 16.7. The van der Waals surface area contributed by atoms with Gasteiger partial charge in [-0.15, -0.1) is 0 Å². The monoisotopic (exact) mass is 329 g/mol. The van der Waals surface area contributed by atoms with E-state index in [2.05, 4.69) is 5.32 Å². The Kier molecular flexibility index (Phi) is 4.69. The van der Waals surface area contributed by atoms with Crippen molar-refractivity contribution in [3.8, 4) is 5.75 Å². The summed E-state index contributed by atoms with van der Waals surface area (Å²) in [4.78, 5) is 36.2. The number of benzene rings is 1. The van der Waals surface area contributed by atoms with Crippen LogP contribution in [0.25, 0.3) is 0 Å². The molecular formula is C19H23NO4. The Morgan fingerprint density at radius 2 is 1.75 bits per heavy atom. The van der Waals surface area contributed by atoms with E-state index in [1.165, 1.54) is 6.92 Å². The molecule has 2 aliphatic rings. The Bertz CT molecular complexity index is 640. The van der Waals surface area contributed by atoms with Crippen LogP contribution in [0.15, 0.2) is 24.3 Å². The zero-order valence-corrected chi connectivity index (χ0v) is 14.0. The summed E-state index contributed by atoms with van der Waals surface area (Å²) >= 11 is 0. The molecule has 1 N–H and O–H groups in total. The minimum Gasteiger partial charge on any atom is -0.426 e. The molecule has 2 saturated carbocycles. The normalized spacial score (nSPS) is 18.9. The highest BCUT2D eigenvalue weighted by Crippen LogP contribution is 2.42. The van der Waals surface area contributed by atoms with Crippen LogP contribution in [-0.4, -0.2) is 23.7 Å². The van der Waals surface area contributed by atoms with Crippen LogP contribution in [-0.2, 0) is 9.59 Å². The van der Waals surface area contributed by atoms with Gasteiger partial charge < -0.3 is 10.1 Å². The van der Waals surface area contributed by atoms with Crippen molar-refractivity contribution in [3.63, 3.8) is 0 Å². The maximum absolute atomic E-state index is 12.7. The second-order valence-electron chi connectivity index (χ2n) is 6.98. The third-order valence-corrected chi connectivity index (χ3v) is 4.91. The van der Waals surface area contributed by atoms with Crippen molar-refractivity contribution in [1.82, 2.24) is 5.32 Å². The molecule has 1 aromatic carbocycles. The Balaban J connectivity index is 1.67. The fraction of sp³-hybridized carbons (Fsp3) is 0.526. The number of carbonyl (C=O) groups excluding carboxylic acids is 3. The lowest BCUT2D eigenvalue weighted by atomic mass is 9.82. The van der Waals surface area contributed by atoms with Crippen LogP contribution < -0.4 is 10.1 Å². The molecular weight excluding hydrogens is 306 g/mol. The number of hydrogen-bond acceptors (Lipinski definition) is 4. The van der Waals surface area contributed by atoms with Gasteiger partial charge in [0.1, 0.15) is 5.75 Å². The van der Waals surface area contributed by atoms with E-state index in [-0.39, 0.29) is 24.1 Å². The van der Waals surface area contributed by atoms with Gasteiger partial charge in [-0.1, -0.05) is 12.8 Å². The van der Waals surface area contributed by atoms with Crippen molar-refractivity contribution in [2.45, 2.75) is 57.9 Å². The SMILES string of the molecule is CC(=O)c1ccc(OC(=O)C2(CC(=O)NC3CC3)CCCC2)cc1. The average Bonchev–Trinajstić information content (AvgIpc) is 3.22. The predicted octanol–water partition coefficient (Wildman–Crippen LogP) is 3.02. The van der Waals surface area contributed by atoms with Gasteiger partial charge in [0.2, 0.25) is 5.91 Å². The highest BCUT2D eigenvalue weighted by molar-refractivity contribution is 5.94. The summed E-state index contributed by atoms with van der Waals surface area (Å²) < 4.78 is 5.53.